The number of carbonyl (C=O) groups is 1. The lowest BCUT2D eigenvalue weighted by Crippen LogP contribution is -1.97. The molecule has 72 valence electrons. The van der Waals surface area contributed by atoms with Crippen LogP contribution in [0.5, 0.6) is 5.75 Å². The number of phenols is 1. The smallest absolute Gasteiger partial charge is 0.339 e. The van der Waals surface area contributed by atoms with Gasteiger partial charge in [-0.05, 0) is 40.3 Å². The Morgan fingerprint density at radius 2 is 2.21 bits per heavy atom. The second kappa shape index (κ2) is 4.16. The molecule has 0 atom stereocenters. The lowest BCUT2D eigenvalue weighted by atomic mass is 10.2. The second-order valence-corrected chi connectivity index (χ2v) is 3.48. The van der Waals surface area contributed by atoms with Gasteiger partial charge >= 0.3 is 5.97 Å². The summed E-state index contributed by atoms with van der Waals surface area (Å²) in [5.74, 6) is -1.65. The first kappa shape index (κ1) is 10.6. The molecule has 0 aromatic heterocycles. The second-order valence-electron chi connectivity index (χ2n) is 2.32. The molecular formula is C7H4IN3O3. The summed E-state index contributed by atoms with van der Waals surface area (Å²) < 4.78 is 0.468. The van der Waals surface area contributed by atoms with Gasteiger partial charge in [-0.2, -0.15) is 0 Å². The zero-order valence-corrected chi connectivity index (χ0v) is 8.83. The van der Waals surface area contributed by atoms with Gasteiger partial charge in [0.2, 0.25) is 0 Å². The number of hydrogen-bond acceptors (Lipinski definition) is 3. The van der Waals surface area contributed by atoms with Gasteiger partial charge < -0.3 is 10.2 Å². The maximum atomic E-state index is 10.6. The van der Waals surface area contributed by atoms with Gasteiger partial charge in [0.25, 0.3) is 0 Å². The van der Waals surface area contributed by atoms with Crippen LogP contribution in [-0.2, 0) is 0 Å². The van der Waals surface area contributed by atoms with E-state index >= 15 is 0 Å². The van der Waals surface area contributed by atoms with E-state index in [-0.39, 0.29) is 11.3 Å². The summed E-state index contributed by atoms with van der Waals surface area (Å²) in [4.78, 5) is 13.1. The number of carboxylic acid groups (broad SMARTS) is 1. The predicted molar refractivity (Wildman–Crippen MR) is 56.6 cm³/mol. The predicted octanol–water partition coefficient (Wildman–Crippen LogP) is 2.64. The van der Waals surface area contributed by atoms with E-state index in [1.807, 2.05) is 22.6 Å². The average Bonchev–Trinajstić information content (AvgIpc) is 2.10. The van der Waals surface area contributed by atoms with Gasteiger partial charge in [-0.3, -0.25) is 0 Å². The van der Waals surface area contributed by atoms with Gasteiger partial charge in [0.05, 0.1) is 5.69 Å². The number of halogens is 1. The topological polar surface area (TPSA) is 106 Å². The summed E-state index contributed by atoms with van der Waals surface area (Å²) in [6.07, 6.45) is 0. The number of hydrogen-bond donors (Lipinski definition) is 2. The van der Waals surface area contributed by atoms with E-state index in [1.165, 1.54) is 6.07 Å². The molecule has 1 aromatic carbocycles. The van der Waals surface area contributed by atoms with Crippen molar-refractivity contribution >= 4 is 34.2 Å². The van der Waals surface area contributed by atoms with Crippen LogP contribution in [-0.4, -0.2) is 16.2 Å². The van der Waals surface area contributed by atoms with Crippen LogP contribution in [0.1, 0.15) is 10.4 Å². The Balaban J connectivity index is 3.37. The Bertz CT molecular complexity index is 412. The minimum Gasteiger partial charge on any atom is -0.507 e. The molecule has 6 nitrogen and oxygen atoms in total. The first-order valence-electron chi connectivity index (χ1n) is 3.37. The Morgan fingerprint density at radius 3 is 2.71 bits per heavy atom. The highest BCUT2D eigenvalue weighted by Gasteiger charge is 2.12. The Labute approximate surface area is 91.9 Å². The molecule has 1 aromatic rings. The molecule has 0 aliphatic carbocycles. The molecule has 0 saturated heterocycles. The van der Waals surface area contributed by atoms with E-state index in [2.05, 4.69) is 10.0 Å². The number of carboxylic acids is 1. The number of benzene rings is 1. The van der Waals surface area contributed by atoms with Crippen molar-refractivity contribution in [3.05, 3.63) is 31.7 Å². The number of aromatic carboxylic acids is 1. The molecule has 1 rings (SSSR count). The molecular weight excluding hydrogens is 301 g/mol. The van der Waals surface area contributed by atoms with Crippen molar-refractivity contribution in [1.82, 2.24) is 0 Å². The van der Waals surface area contributed by atoms with Crippen molar-refractivity contribution in [2.75, 3.05) is 0 Å². The van der Waals surface area contributed by atoms with Crippen LogP contribution in [0.3, 0.4) is 0 Å². The van der Waals surface area contributed by atoms with Crippen molar-refractivity contribution in [3.8, 4) is 5.75 Å². The quantitative estimate of drug-likeness (QED) is 0.379. The zero-order chi connectivity index (χ0) is 10.7. The molecule has 0 radical (unpaired) electrons. The van der Waals surface area contributed by atoms with Gasteiger partial charge in [0.1, 0.15) is 11.3 Å². The number of aromatic hydroxyl groups is 1. The molecule has 2 N–H and O–H groups in total. The number of nitrogens with zero attached hydrogens (tertiary/aromatic N) is 3. The highest BCUT2D eigenvalue weighted by molar-refractivity contribution is 14.1. The Hall–Kier alpha value is -1.47. The maximum absolute atomic E-state index is 10.6. The van der Waals surface area contributed by atoms with E-state index in [9.17, 15) is 9.90 Å². The summed E-state index contributed by atoms with van der Waals surface area (Å²) in [7, 11) is 0. The fraction of sp³-hybridized carbons (Fsp3) is 0. The van der Waals surface area contributed by atoms with E-state index in [1.54, 1.807) is 0 Å². The molecule has 0 unspecified atom stereocenters. The van der Waals surface area contributed by atoms with Crippen molar-refractivity contribution in [1.29, 1.82) is 0 Å². The summed E-state index contributed by atoms with van der Waals surface area (Å²) >= 11 is 1.82. The highest BCUT2D eigenvalue weighted by atomic mass is 127. The maximum Gasteiger partial charge on any atom is 0.339 e. The fourth-order valence-corrected chi connectivity index (χ4v) is 1.42. The first-order valence-corrected chi connectivity index (χ1v) is 4.45. The summed E-state index contributed by atoms with van der Waals surface area (Å²) in [6.45, 7) is 0. The van der Waals surface area contributed by atoms with Gasteiger partial charge in [0.15, 0.2) is 0 Å². The van der Waals surface area contributed by atoms with Gasteiger partial charge in [-0.25, -0.2) is 4.79 Å². The van der Waals surface area contributed by atoms with Crippen LogP contribution in [0.25, 0.3) is 10.4 Å². The molecule has 0 amide bonds. The Kier molecular flexibility index (Phi) is 3.15. The van der Waals surface area contributed by atoms with Crippen molar-refractivity contribution in [3.63, 3.8) is 0 Å². The van der Waals surface area contributed by atoms with Gasteiger partial charge in [0, 0.05) is 8.48 Å². The standard InChI is InChI=1S/C7H4IN3O3/c8-4-1-3(7(13)14)6(12)2-5(4)10-11-9/h1-2,12H,(H,13,14). The minimum absolute atomic E-state index is 0.204. The number of azide groups is 1. The van der Waals surface area contributed by atoms with Crippen LogP contribution in [0, 0.1) is 3.57 Å². The third kappa shape index (κ3) is 2.06. The lowest BCUT2D eigenvalue weighted by molar-refractivity contribution is 0.0693. The van der Waals surface area contributed by atoms with E-state index < -0.39 is 11.7 Å². The van der Waals surface area contributed by atoms with E-state index in [0.717, 1.165) is 6.07 Å². The Morgan fingerprint density at radius 1 is 1.57 bits per heavy atom. The molecule has 0 aliphatic heterocycles. The third-order valence-electron chi connectivity index (χ3n) is 1.45. The van der Waals surface area contributed by atoms with Crippen LogP contribution in [0.4, 0.5) is 5.69 Å². The van der Waals surface area contributed by atoms with Crippen LogP contribution >= 0.6 is 22.6 Å². The molecule has 0 bridgehead atoms. The number of rotatable bonds is 2. The monoisotopic (exact) mass is 305 g/mol. The van der Waals surface area contributed by atoms with Crippen molar-refractivity contribution in [2.45, 2.75) is 0 Å². The first-order chi connectivity index (χ1) is 6.56. The van der Waals surface area contributed by atoms with Crippen molar-refractivity contribution in [2.24, 2.45) is 5.11 Å². The van der Waals surface area contributed by atoms with Gasteiger partial charge in [-0.15, -0.1) is 0 Å². The van der Waals surface area contributed by atoms with E-state index in [4.69, 9.17) is 10.6 Å². The molecule has 0 aliphatic rings. The lowest BCUT2D eigenvalue weighted by Gasteiger charge is -2.02. The average molecular weight is 305 g/mol. The molecule has 0 heterocycles. The minimum atomic E-state index is -1.23. The fourth-order valence-electron chi connectivity index (χ4n) is 0.847. The molecule has 0 fully saturated rings. The normalized spacial score (nSPS) is 9.21. The molecule has 7 heteroatoms. The molecule has 0 spiro atoms. The summed E-state index contributed by atoms with van der Waals surface area (Å²) in [6, 6.07) is 2.35. The largest absolute Gasteiger partial charge is 0.507 e. The molecule has 14 heavy (non-hydrogen) atoms. The zero-order valence-electron chi connectivity index (χ0n) is 6.68. The SMILES string of the molecule is [N-]=[N+]=Nc1cc(O)c(C(=O)O)cc1I. The van der Waals surface area contributed by atoms with Crippen molar-refractivity contribution < 1.29 is 15.0 Å². The van der Waals surface area contributed by atoms with Gasteiger partial charge in [-0.1, -0.05) is 5.11 Å². The van der Waals surface area contributed by atoms with Crippen LogP contribution in [0.15, 0.2) is 17.2 Å². The van der Waals surface area contributed by atoms with Crippen LogP contribution < -0.4 is 0 Å². The summed E-state index contributed by atoms with van der Waals surface area (Å²) in [5.41, 5.74) is 8.16. The summed E-state index contributed by atoms with van der Waals surface area (Å²) in [5, 5.41) is 21.2. The van der Waals surface area contributed by atoms with E-state index in [0.29, 0.717) is 3.57 Å². The van der Waals surface area contributed by atoms with Crippen LogP contribution in [0.2, 0.25) is 0 Å². The third-order valence-corrected chi connectivity index (χ3v) is 2.31. The highest BCUT2D eigenvalue weighted by Crippen LogP contribution is 2.29. The molecule has 0 saturated carbocycles.